The topological polar surface area (TPSA) is 99.8 Å². The quantitative estimate of drug-likeness (QED) is 0.750. The van der Waals surface area contributed by atoms with Crippen molar-refractivity contribution in [1.29, 1.82) is 0 Å². The second kappa shape index (κ2) is 6.55. The van der Waals surface area contributed by atoms with Crippen molar-refractivity contribution in [2.45, 2.75) is 51.5 Å². The molecule has 1 aromatic heterocycles. The Hall–Kier alpha value is -2.50. The van der Waals surface area contributed by atoms with Gasteiger partial charge in [0.15, 0.2) is 0 Å². The Kier molecular flexibility index (Phi) is 4.46. The highest BCUT2D eigenvalue weighted by atomic mass is 16.4. The fourth-order valence-electron chi connectivity index (χ4n) is 3.40. The average Bonchev–Trinajstić information content (AvgIpc) is 2.51. The van der Waals surface area contributed by atoms with Crippen molar-refractivity contribution < 1.29 is 19.4 Å². The molecule has 0 unspecified atom stereocenters. The largest absolute Gasteiger partial charge is 0.508 e. The Bertz CT molecular complexity index is 833. The Morgan fingerprint density at radius 1 is 1.25 bits per heavy atom. The number of phenolic OH excluding ortho intramolecular Hbond substituents is 2. The summed E-state index contributed by atoms with van der Waals surface area (Å²) in [7, 11) is 0. The molecular formula is C18H21NO5. The number of rotatable bonds is 3. The smallest absolute Gasteiger partial charge is 0.340 e. The molecule has 3 N–H and O–H groups in total. The van der Waals surface area contributed by atoms with Gasteiger partial charge in [-0.1, -0.05) is 19.3 Å². The van der Waals surface area contributed by atoms with Crippen LogP contribution < -0.4 is 10.9 Å². The van der Waals surface area contributed by atoms with E-state index in [-0.39, 0.29) is 41.0 Å². The van der Waals surface area contributed by atoms with Gasteiger partial charge in [-0.25, -0.2) is 4.79 Å². The van der Waals surface area contributed by atoms with Gasteiger partial charge in [-0.05, 0) is 25.3 Å². The van der Waals surface area contributed by atoms with E-state index in [0.29, 0.717) is 10.9 Å². The summed E-state index contributed by atoms with van der Waals surface area (Å²) in [5.74, 6) is -0.583. The standard InChI is InChI=1S/C18H21NO5/c1-10-13(9-16(22)19-11-5-3-2-4-6-11)18(23)24-15-8-12(20)7-14(21)17(10)15/h7-8,11,20-21H,2-6,9H2,1H3,(H,19,22). The third-order valence-corrected chi connectivity index (χ3v) is 4.65. The third kappa shape index (κ3) is 3.22. The molecule has 1 aromatic carbocycles. The number of fused-ring (bicyclic) bond motifs is 1. The molecule has 1 amide bonds. The van der Waals surface area contributed by atoms with Crippen LogP contribution in [0.4, 0.5) is 0 Å². The molecule has 0 radical (unpaired) electrons. The van der Waals surface area contributed by atoms with E-state index in [1.54, 1.807) is 6.92 Å². The summed E-state index contributed by atoms with van der Waals surface area (Å²) in [6.07, 6.45) is 5.28. The summed E-state index contributed by atoms with van der Waals surface area (Å²) < 4.78 is 5.17. The van der Waals surface area contributed by atoms with Crippen molar-refractivity contribution in [3.63, 3.8) is 0 Å². The van der Waals surface area contributed by atoms with Gasteiger partial charge in [0.1, 0.15) is 17.1 Å². The van der Waals surface area contributed by atoms with Crippen LogP contribution in [0.5, 0.6) is 11.5 Å². The van der Waals surface area contributed by atoms with Gasteiger partial charge < -0.3 is 19.9 Å². The molecule has 0 saturated heterocycles. The van der Waals surface area contributed by atoms with E-state index in [2.05, 4.69) is 5.32 Å². The summed E-state index contributed by atoms with van der Waals surface area (Å²) in [5, 5.41) is 22.8. The van der Waals surface area contributed by atoms with E-state index >= 15 is 0 Å². The third-order valence-electron chi connectivity index (χ3n) is 4.65. The lowest BCUT2D eigenvalue weighted by Crippen LogP contribution is -2.37. The predicted octanol–water partition coefficient (Wildman–Crippen LogP) is 2.50. The predicted molar refractivity (Wildman–Crippen MR) is 89.3 cm³/mol. The maximum absolute atomic E-state index is 12.3. The summed E-state index contributed by atoms with van der Waals surface area (Å²) in [5.41, 5.74) is 0.213. The Labute approximate surface area is 139 Å². The normalized spacial score (nSPS) is 15.5. The van der Waals surface area contributed by atoms with Gasteiger partial charge in [0.05, 0.1) is 17.4 Å². The van der Waals surface area contributed by atoms with Crippen LogP contribution in [0.2, 0.25) is 0 Å². The molecule has 1 fully saturated rings. The highest BCUT2D eigenvalue weighted by Crippen LogP contribution is 2.32. The minimum atomic E-state index is -0.621. The van der Waals surface area contributed by atoms with Crippen LogP contribution in [0, 0.1) is 6.92 Å². The molecule has 1 aliphatic rings. The molecule has 128 valence electrons. The molecule has 1 aliphatic carbocycles. The first-order valence-corrected chi connectivity index (χ1v) is 8.23. The number of carbonyl (C=O) groups excluding carboxylic acids is 1. The van der Waals surface area contributed by atoms with E-state index in [9.17, 15) is 19.8 Å². The fourth-order valence-corrected chi connectivity index (χ4v) is 3.40. The molecule has 6 heteroatoms. The maximum Gasteiger partial charge on any atom is 0.340 e. The number of aryl methyl sites for hydroxylation is 1. The molecule has 24 heavy (non-hydrogen) atoms. The van der Waals surface area contributed by atoms with Gasteiger partial charge in [0.2, 0.25) is 5.91 Å². The van der Waals surface area contributed by atoms with Gasteiger partial charge in [-0.15, -0.1) is 0 Å². The van der Waals surface area contributed by atoms with Gasteiger partial charge in [-0.3, -0.25) is 4.79 Å². The van der Waals surface area contributed by atoms with Gasteiger partial charge in [0, 0.05) is 18.2 Å². The Balaban J connectivity index is 1.89. The summed E-state index contributed by atoms with van der Waals surface area (Å²) in [4.78, 5) is 24.5. The molecule has 1 heterocycles. The zero-order valence-electron chi connectivity index (χ0n) is 13.6. The number of aromatic hydroxyl groups is 2. The van der Waals surface area contributed by atoms with E-state index in [4.69, 9.17) is 4.42 Å². The first-order chi connectivity index (χ1) is 11.5. The molecule has 0 atom stereocenters. The second-order valence-electron chi connectivity index (χ2n) is 6.41. The molecule has 0 bridgehead atoms. The number of amides is 1. The SMILES string of the molecule is Cc1c(CC(=O)NC2CCCCC2)c(=O)oc2cc(O)cc(O)c12. The summed E-state index contributed by atoms with van der Waals surface area (Å²) >= 11 is 0. The van der Waals surface area contributed by atoms with Gasteiger partial charge >= 0.3 is 5.63 Å². The molecule has 6 nitrogen and oxygen atoms in total. The van der Waals surface area contributed by atoms with Crippen molar-refractivity contribution in [2.75, 3.05) is 0 Å². The minimum Gasteiger partial charge on any atom is -0.508 e. The molecule has 0 spiro atoms. The van der Waals surface area contributed by atoms with E-state index in [1.165, 1.54) is 18.6 Å². The van der Waals surface area contributed by atoms with Crippen molar-refractivity contribution in [3.8, 4) is 11.5 Å². The van der Waals surface area contributed by atoms with Crippen molar-refractivity contribution in [2.24, 2.45) is 0 Å². The second-order valence-corrected chi connectivity index (χ2v) is 6.41. The summed E-state index contributed by atoms with van der Waals surface area (Å²) in [6.45, 7) is 1.67. The number of nitrogens with one attached hydrogen (secondary N) is 1. The van der Waals surface area contributed by atoms with Crippen molar-refractivity contribution >= 4 is 16.9 Å². The zero-order chi connectivity index (χ0) is 17.3. The monoisotopic (exact) mass is 331 g/mol. The van der Waals surface area contributed by atoms with Gasteiger partial charge in [-0.2, -0.15) is 0 Å². The minimum absolute atomic E-state index is 0.0824. The highest BCUT2D eigenvalue weighted by Gasteiger charge is 2.20. The molecule has 1 saturated carbocycles. The number of carbonyl (C=O) groups is 1. The Morgan fingerprint density at radius 2 is 1.96 bits per heavy atom. The number of phenols is 2. The van der Waals surface area contributed by atoms with Crippen LogP contribution in [0.25, 0.3) is 11.0 Å². The van der Waals surface area contributed by atoms with Crippen LogP contribution in [-0.2, 0) is 11.2 Å². The lowest BCUT2D eigenvalue weighted by Gasteiger charge is -2.22. The first-order valence-electron chi connectivity index (χ1n) is 8.23. The highest BCUT2D eigenvalue weighted by molar-refractivity contribution is 5.90. The first kappa shape index (κ1) is 16.4. The van der Waals surface area contributed by atoms with E-state index in [1.807, 2.05) is 0 Å². The maximum atomic E-state index is 12.3. The lowest BCUT2D eigenvalue weighted by molar-refractivity contribution is -0.121. The molecule has 3 rings (SSSR count). The fraction of sp³-hybridized carbons (Fsp3) is 0.444. The number of benzene rings is 1. The Morgan fingerprint density at radius 3 is 2.67 bits per heavy atom. The van der Waals surface area contributed by atoms with E-state index in [0.717, 1.165) is 25.7 Å². The van der Waals surface area contributed by atoms with Crippen molar-refractivity contribution in [3.05, 3.63) is 33.7 Å². The van der Waals surface area contributed by atoms with Crippen LogP contribution in [-0.4, -0.2) is 22.2 Å². The molecule has 2 aromatic rings. The van der Waals surface area contributed by atoms with Crippen LogP contribution in [0.3, 0.4) is 0 Å². The molecular weight excluding hydrogens is 310 g/mol. The van der Waals surface area contributed by atoms with E-state index < -0.39 is 5.63 Å². The lowest BCUT2D eigenvalue weighted by atomic mass is 9.95. The van der Waals surface area contributed by atoms with Gasteiger partial charge in [0.25, 0.3) is 0 Å². The van der Waals surface area contributed by atoms with Crippen LogP contribution in [0.15, 0.2) is 21.3 Å². The average molecular weight is 331 g/mol. The number of hydrogen-bond acceptors (Lipinski definition) is 5. The van der Waals surface area contributed by atoms with Crippen LogP contribution in [0.1, 0.15) is 43.2 Å². The van der Waals surface area contributed by atoms with Crippen molar-refractivity contribution in [1.82, 2.24) is 5.32 Å². The zero-order valence-corrected chi connectivity index (χ0v) is 13.6. The summed E-state index contributed by atoms with van der Waals surface area (Å²) in [6, 6.07) is 2.63. The number of hydrogen-bond donors (Lipinski definition) is 3. The van der Waals surface area contributed by atoms with Crippen LogP contribution >= 0.6 is 0 Å². The molecule has 0 aliphatic heterocycles.